The minimum atomic E-state index is 0.445. The molecule has 0 saturated carbocycles. The molecule has 0 unspecified atom stereocenters. The van der Waals surface area contributed by atoms with E-state index in [1.54, 1.807) is 6.07 Å². The standard InChI is InChI=1S/C14H13ClN2OS/c1-8-9(2)16-14(17-10(8)3)19-13-6-4-5-12(15)11(13)7-18/h4-7H,1-3H3. The lowest BCUT2D eigenvalue weighted by molar-refractivity contribution is 0.112. The molecule has 2 rings (SSSR count). The Morgan fingerprint density at radius 1 is 1.16 bits per heavy atom. The highest BCUT2D eigenvalue weighted by atomic mass is 35.5. The first-order valence-electron chi connectivity index (χ1n) is 5.76. The Morgan fingerprint density at radius 3 is 2.37 bits per heavy atom. The van der Waals surface area contributed by atoms with E-state index in [2.05, 4.69) is 9.97 Å². The Labute approximate surface area is 121 Å². The van der Waals surface area contributed by atoms with E-state index >= 15 is 0 Å². The van der Waals surface area contributed by atoms with Gasteiger partial charge in [0.2, 0.25) is 0 Å². The number of hydrogen-bond acceptors (Lipinski definition) is 4. The molecule has 2 aromatic rings. The van der Waals surface area contributed by atoms with E-state index in [1.165, 1.54) is 11.8 Å². The number of carbonyl (C=O) groups is 1. The van der Waals surface area contributed by atoms with Crippen LogP contribution in [0.25, 0.3) is 0 Å². The predicted octanol–water partition coefficient (Wildman–Crippen LogP) is 4.02. The van der Waals surface area contributed by atoms with Crippen molar-refractivity contribution in [2.75, 3.05) is 0 Å². The van der Waals surface area contributed by atoms with Gasteiger partial charge in [-0.05, 0) is 50.2 Å². The lowest BCUT2D eigenvalue weighted by Crippen LogP contribution is -1.98. The number of hydrogen-bond donors (Lipinski definition) is 0. The maximum absolute atomic E-state index is 11.1. The molecule has 0 fully saturated rings. The molecule has 0 saturated heterocycles. The summed E-state index contributed by atoms with van der Waals surface area (Å²) in [6, 6.07) is 5.35. The SMILES string of the molecule is Cc1nc(Sc2cccc(Cl)c2C=O)nc(C)c1C. The second-order valence-electron chi connectivity index (χ2n) is 4.17. The van der Waals surface area contributed by atoms with Gasteiger partial charge < -0.3 is 0 Å². The molecule has 3 nitrogen and oxygen atoms in total. The van der Waals surface area contributed by atoms with Crippen LogP contribution in [-0.4, -0.2) is 16.3 Å². The molecule has 0 spiro atoms. The number of benzene rings is 1. The maximum atomic E-state index is 11.1. The van der Waals surface area contributed by atoms with Gasteiger partial charge in [0.15, 0.2) is 11.4 Å². The highest BCUT2D eigenvalue weighted by Gasteiger charge is 2.11. The average molecular weight is 293 g/mol. The molecule has 0 bridgehead atoms. The molecular weight excluding hydrogens is 280 g/mol. The number of nitrogens with zero attached hydrogens (tertiary/aromatic N) is 2. The van der Waals surface area contributed by atoms with Crippen LogP contribution in [0.3, 0.4) is 0 Å². The minimum Gasteiger partial charge on any atom is -0.298 e. The molecule has 0 N–H and O–H groups in total. The van der Waals surface area contributed by atoms with Crippen LogP contribution >= 0.6 is 23.4 Å². The third-order valence-electron chi connectivity index (χ3n) is 2.94. The van der Waals surface area contributed by atoms with Gasteiger partial charge in [0.25, 0.3) is 0 Å². The first-order chi connectivity index (χ1) is 9.02. The number of aromatic nitrogens is 2. The van der Waals surface area contributed by atoms with Crippen LogP contribution in [0.2, 0.25) is 5.02 Å². The molecule has 5 heteroatoms. The summed E-state index contributed by atoms with van der Waals surface area (Å²) in [7, 11) is 0. The second kappa shape index (κ2) is 5.72. The van der Waals surface area contributed by atoms with Crippen molar-refractivity contribution in [1.82, 2.24) is 9.97 Å². The van der Waals surface area contributed by atoms with E-state index in [1.807, 2.05) is 32.9 Å². The molecule has 0 aliphatic rings. The van der Waals surface area contributed by atoms with E-state index in [0.717, 1.165) is 28.1 Å². The zero-order valence-corrected chi connectivity index (χ0v) is 12.5. The Morgan fingerprint density at radius 2 is 1.79 bits per heavy atom. The fraction of sp³-hybridized carbons (Fsp3) is 0.214. The summed E-state index contributed by atoms with van der Waals surface area (Å²) in [6.45, 7) is 5.90. The number of rotatable bonds is 3. The smallest absolute Gasteiger partial charge is 0.192 e. The highest BCUT2D eigenvalue weighted by Crippen LogP contribution is 2.31. The normalized spacial score (nSPS) is 10.5. The van der Waals surface area contributed by atoms with Crippen molar-refractivity contribution in [3.8, 4) is 0 Å². The monoisotopic (exact) mass is 292 g/mol. The van der Waals surface area contributed by atoms with Gasteiger partial charge in [-0.3, -0.25) is 4.79 Å². The van der Waals surface area contributed by atoms with Crippen LogP contribution in [0, 0.1) is 20.8 Å². The van der Waals surface area contributed by atoms with Gasteiger partial charge >= 0.3 is 0 Å². The molecule has 98 valence electrons. The molecular formula is C14H13ClN2OS. The summed E-state index contributed by atoms with van der Waals surface area (Å²) >= 11 is 7.35. The van der Waals surface area contributed by atoms with E-state index in [0.29, 0.717) is 15.7 Å². The van der Waals surface area contributed by atoms with Crippen LogP contribution in [0.5, 0.6) is 0 Å². The molecule has 19 heavy (non-hydrogen) atoms. The van der Waals surface area contributed by atoms with Gasteiger partial charge in [-0.25, -0.2) is 9.97 Å². The fourth-order valence-corrected chi connectivity index (χ4v) is 2.86. The van der Waals surface area contributed by atoms with Gasteiger partial charge in [0.05, 0.1) is 5.02 Å². The lowest BCUT2D eigenvalue weighted by atomic mass is 10.2. The number of halogens is 1. The first-order valence-corrected chi connectivity index (χ1v) is 6.95. The summed E-state index contributed by atoms with van der Waals surface area (Å²) in [4.78, 5) is 20.7. The van der Waals surface area contributed by atoms with Gasteiger partial charge in [-0.2, -0.15) is 0 Å². The highest BCUT2D eigenvalue weighted by molar-refractivity contribution is 7.99. The zero-order chi connectivity index (χ0) is 14.0. The fourth-order valence-electron chi connectivity index (χ4n) is 1.61. The van der Waals surface area contributed by atoms with Crippen molar-refractivity contribution in [1.29, 1.82) is 0 Å². The Balaban J connectivity index is 2.42. The third kappa shape index (κ3) is 2.96. The minimum absolute atomic E-state index is 0.445. The second-order valence-corrected chi connectivity index (χ2v) is 5.59. The lowest BCUT2D eigenvalue weighted by Gasteiger charge is -2.08. The molecule has 1 aromatic heterocycles. The summed E-state index contributed by atoms with van der Waals surface area (Å²) in [5, 5.41) is 1.08. The Bertz CT molecular complexity index is 620. The third-order valence-corrected chi connectivity index (χ3v) is 4.21. The van der Waals surface area contributed by atoms with Crippen molar-refractivity contribution in [2.24, 2.45) is 0 Å². The summed E-state index contributed by atoms with van der Waals surface area (Å²) in [5.74, 6) is 0. The van der Waals surface area contributed by atoms with Crippen molar-refractivity contribution < 1.29 is 4.79 Å². The molecule has 0 aliphatic heterocycles. The van der Waals surface area contributed by atoms with Gasteiger partial charge in [0.1, 0.15) is 0 Å². The summed E-state index contributed by atoms with van der Waals surface area (Å²) in [5.41, 5.74) is 3.47. The quantitative estimate of drug-likeness (QED) is 0.633. The van der Waals surface area contributed by atoms with Crippen molar-refractivity contribution >= 4 is 29.6 Å². The van der Waals surface area contributed by atoms with Crippen molar-refractivity contribution in [3.63, 3.8) is 0 Å². The molecule has 0 radical (unpaired) electrons. The van der Waals surface area contributed by atoms with Gasteiger partial charge in [-0.15, -0.1) is 0 Å². The van der Waals surface area contributed by atoms with Crippen LogP contribution in [0.1, 0.15) is 27.3 Å². The topological polar surface area (TPSA) is 42.9 Å². The molecule has 1 aromatic carbocycles. The molecule has 0 amide bonds. The summed E-state index contributed by atoms with van der Waals surface area (Å²) in [6.07, 6.45) is 0.762. The first kappa shape index (κ1) is 14.0. The largest absolute Gasteiger partial charge is 0.298 e. The predicted molar refractivity (Wildman–Crippen MR) is 77.2 cm³/mol. The molecule has 0 atom stereocenters. The maximum Gasteiger partial charge on any atom is 0.192 e. The van der Waals surface area contributed by atoms with Crippen molar-refractivity contribution in [3.05, 3.63) is 45.7 Å². The van der Waals surface area contributed by atoms with Crippen LogP contribution < -0.4 is 0 Å². The van der Waals surface area contributed by atoms with Gasteiger partial charge in [-0.1, -0.05) is 17.7 Å². The van der Waals surface area contributed by atoms with E-state index in [4.69, 9.17) is 11.6 Å². The van der Waals surface area contributed by atoms with Crippen LogP contribution in [0.15, 0.2) is 28.3 Å². The van der Waals surface area contributed by atoms with Crippen molar-refractivity contribution in [2.45, 2.75) is 30.8 Å². The number of carbonyl (C=O) groups excluding carboxylic acids is 1. The van der Waals surface area contributed by atoms with E-state index in [9.17, 15) is 4.79 Å². The number of aldehydes is 1. The molecule has 0 aliphatic carbocycles. The Hall–Kier alpha value is -1.39. The van der Waals surface area contributed by atoms with Crippen LogP contribution in [-0.2, 0) is 0 Å². The molecule has 1 heterocycles. The van der Waals surface area contributed by atoms with Gasteiger partial charge in [0, 0.05) is 21.8 Å². The van der Waals surface area contributed by atoms with E-state index in [-0.39, 0.29) is 0 Å². The Kier molecular flexibility index (Phi) is 4.22. The summed E-state index contributed by atoms with van der Waals surface area (Å²) < 4.78 is 0. The van der Waals surface area contributed by atoms with E-state index < -0.39 is 0 Å². The zero-order valence-electron chi connectivity index (χ0n) is 10.9. The average Bonchev–Trinajstić information content (AvgIpc) is 2.36. The van der Waals surface area contributed by atoms with Crippen LogP contribution in [0.4, 0.5) is 0 Å². The number of aryl methyl sites for hydroxylation is 2.